The molecule has 0 bridgehead atoms. The van der Waals surface area contributed by atoms with E-state index in [2.05, 4.69) is 10.3 Å². The van der Waals surface area contributed by atoms with Crippen LogP contribution in [-0.2, 0) is 20.8 Å². The Morgan fingerprint density at radius 1 is 0.791 bits per heavy atom. The van der Waals surface area contributed by atoms with Gasteiger partial charge >= 0.3 is 24.2 Å². The Bertz CT molecular complexity index is 1680. The van der Waals surface area contributed by atoms with Crippen LogP contribution in [0.15, 0.2) is 54.6 Å². The van der Waals surface area contributed by atoms with Gasteiger partial charge in [0.15, 0.2) is 5.78 Å². The summed E-state index contributed by atoms with van der Waals surface area (Å²) in [6, 6.07) is 12.1. The molecule has 2 aromatic carbocycles. The molecule has 0 saturated heterocycles. The molecule has 0 radical (unpaired) electrons. The fourth-order valence-corrected chi connectivity index (χ4v) is 4.37. The van der Waals surface area contributed by atoms with Crippen LogP contribution < -0.4 is 16.0 Å². The lowest BCUT2D eigenvalue weighted by Crippen LogP contribution is -2.38. The van der Waals surface area contributed by atoms with E-state index in [0.717, 1.165) is 6.08 Å². The molecule has 224 valence electrons. The molecule has 9 nitrogen and oxygen atoms in total. The smallest absolute Gasteiger partial charge is 0.353 e. The average Bonchev–Trinajstić information content (AvgIpc) is 2.94. The molecular weight excluding hydrogens is 586 g/mol. The Hall–Kier alpha value is -5.08. The van der Waals surface area contributed by atoms with Crippen molar-refractivity contribution in [2.24, 2.45) is 0 Å². The Labute approximate surface area is 238 Å². The van der Waals surface area contributed by atoms with Crippen LogP contribution in [0.4, 0.5) is 32.0 Å². The van der Waals surface area contributed by atoms with Crippen molar-refractivity contribution in [1.29, 1.82) is 0 Å². The number of ketones is 3. The summed E-state index contributed by atoms with van der Waals surface area (Å²) in [5, 5.41) is 6.57. The van der Waals surface area contributed by atoms with E-state index in [4.69, 9.17) is 0 Å². The Morgan fingerprint density at radius 3 is 2.07 bits per heavy atom. The molecule has 0 fully saturated rings. The van der Waals surface area contributed by atoms with Gasteiger partial charge in [0.1, 0.15) is 0 Å². The summed E-state index contributed by atoms with van der Waals surface area (Å²) in [7, 11) is 0. The maximum atomic E-state index is 13.1. The van der Waals surface area contributed by atoms with Crippen LogP contribution in [0.5, 0.6) is 0 Å². The number of pyridine rings is 1. The Kier molecular flexibility index (Phi) is 8.64. The van der Waals surface area contributed by atoms with E-state index in [-0.39, 0.29) is 40.2 Å². The monoisotopic (exact) mass is 606 g/mol. The van der Waals surface area contributed by atoms with E-state index in [1.54, 1.807) is 34.9 Å². The predicted octanol–water partition coefficient (Wildman–Crippen LogP) is 3.93. The number of rotatable bonds is 9. The standard InChI is InChI=1S/C28H20F6N4O5/c29-27(30,31)25(42)35-11-9-15-14-5-1-3-7-17(14)38-23-19(13-21(40)24(41)22(15)23)37-18-8-4-2-6-16(18)20(39)10-12-36-26(43)28(32,33)34/h1-8,13,37H,9-12H2,(H,35,42)(H,36,43). The van der Waals surface area contributed by atoms with Gasteiger partial charge in [-0.05, 0) is 30.2 Å². The van der Waals surface area contributed by atoms with E-state index < -0.39 is 61.0 Å². The number of aromatic nitrogens is 1. The number of benzene rings is 2. The number of halogens is 6. The number of fused-ring (bicyclic) bond motifs is 2. The van der Waals surface area contributed by atoms with Crippen molar-refractivity contribution < 1.29 is 50.3 Å². The lowest BCUT2D eigenvalue weighted by atomic mass is 9.88. The zero-order valence-corrected chi connectivity index (χ0v) is 21.8. The number of hydrogen-bond acceptors (Lipinski definition) is 7. The minimum atomic E-state index is -5.12. The first-order valence-electron chi connectivity index (χ1n) is 12.5. The molecule has 0 unspecified atom stereocenters. The molecule has 4 rings (SSSR count). The highest BCUT2D eigenvalue weighted by Crippen LogP contribution is 2.33. The zero-order chi connectivity index (χ0) is 31.5. The molecular formula is C28H20F6N4O5. The summed E-state index contributed by atoms with van der Waals surface area (Å²) >= 11 is 0. The Morgan fingerprint density at radius 2 is 1.40 bits per heavy atom. The first-order chi connectivity index (χ1) is 20.2. The van der Waals surface area contributed by atoms with Gasteiger partial charge in [0.05, 0.1) is 22.5 Å². The zero-order valence-electron chi connectivity index (χ0n) is 21.8. The molecule has 0 saturated carbocycles. The number of anilines is 1. The molecule has 3 aromatic rings. The molecule has 0 atom stereocenters. The number of para-hydroxylation sites is 2. The first-order valence-corrected chi connectivity index (χ1v) is 12.5. The van der Waals surface area contributed by atoms with Crippen molar-refractivity contribution in [3.63, 3.8) is 0 Å². The number of carbonyl (C=O) groups excluding carboxylic acids is 5. The van der Waals surface area contributed by atoms with Crippen molar-refractivity contribution >= 4 is 51.5 Å². The van der Waals surface area contributed by atoms with Gasteiger partial charge in [0.2, 0.25) is 11.6 Å². The number of nitrogens with one attached hydrogen (secondary N) is 3. The van der Waals surface area contributed by atoms with Gasteiger partial charge < -0.3 is 16.0 Å². The van der Waals surface area contributed by atoms with E-state index in [1.165, 1.54) is 24.3 Å². The molecule has 2 amide bonds. The summed E-state index contributed by atoms with van der Waals surface area (Å²) < 4.78 is 75.4. The lowest BCUT2D eigenvalue weighted by Gasteiger charge is -2.22. The second kappa shape index (κ2) is 12.0. The van der Waals surface area contributed by atoms with Crippen LogP contribution in [0.25, 0.3) is 16.6 Å². The number of allylic oxidation sites excluding steroid dienone is 1. The Balaban J connectivity index is 1.67. The molecule has 43 heavy (non-hydrogen) atoms. The van der Waals surface area contributed by atoms with Crippen LogP contribution in [0.1, 0.15) is 38.4 Å². The van der Waals surface area contributed by atoms with E-state index in [0.29, 0.717) is 10.9 Å². The minimum absolute atomic E-state index is 0.00793. The van der Waals surface area contributed by atoms with Crippen LogP contribution in [-0.4, -0.2) is 59.6 Å². The third kappa shape index (κ3) is 6.88. The van der Waals surface area contributed by atoms with Gasteiger partial charge in [-0.25, -0.2) is 4.98 Å². The molecule has 1 aromatic heterocycles. The SMILES string of the molecule is O=C1C=C(Nc2ccccc2C(=O)CCNC(=O)C(F)(F)F)c2nc3ccccc3c(CCNC(=O)C(F)(F)F)c2C1=O. The maximum Gasteiger partial charge on any atom is 0.471 e. The van der Waals surface area contributed by atoms with E-state index in [1.807, 2.05) is 0 Å². The van der Waals surface area contributed by atoms with Crippen LogP contribution in [0, 0.1) is 0 Å². The highest BCUT2D eigenvalue weighted by atomic mass is 19.4. The summed E-state index contributed by atoms with van der Waals surface area (Å²) in [4.78, 5) is 65.5. The highest BCUT2D eigenvalue weighted by molar-refractivity contribution is 6.51. The van der Waals surface area contributed by atoms with Crippen molar-refractivity contribution in [2.45, 2.75) is 25.2 Å². The number of carbonyl (C=O) groups is 5. The van der Waals surface area contributed by atoms with Gasteiger partial charge in [0.25, 0.3) is 0 Å². The van der Waals surface area contributed by atoms with Gasteiger partial charge in [-0.3, -0.25) is 24.0 Å². The molecule has 3 N–H and O–H groups in total. The largest absolute Gasteiger partial charge is 0.471 e. The molecule has 1 aliphatic rings. The van der Waals surface area contributed by atoms with Crippen molar-refractivity contribution in [1.82, 2.24) is 15.6 Å². The van der Waals surface area contributed by atoms with Crippen LogP contribution in [0.3, 0.4) is 0 Å². The molecule has 0 aliphatic heterocycles. The highest BCUT2D eigenvalue weighted by Gasteiger charge is 2.39. The normalized spacial score (nSPS) is 13.3. The second-order valence-electron chi connectivity index (χ2n) is 9.18. The number of alkyl halides is 6. The van der Waals surface area contributed by atoms with Gasteiger partial charge in [-0.1, -0.05) is 30.3 Å². The van der Waals surface area contributed by atoms with Crippen LogP contribution in [0.2, 0.25) is 0 Å². The lowest BCUT2D eigenvalue weighted by molar-refractivity contribution is -0.173. The number of nitrogens with zero attached hydrogens (tertiary/aromatic N) is 1. The van der Waals surface area contributed by atoms with Crippen molar-refractivity contribution in [3.8, 4) is 0 Å². The van der Waals surface area contributed by atoms with Gasteiger partial charge in [-0.15, -0.1) is 0 Å². The number of Topliss-reactive ketones (excluding diaryl/α,β-unsaturated/α-hetero) is 2. The quantitative estimate of drug-likeness (QED) is 0.191. The average molecular weight is 606 g/mol. The predicted molar refractivity (Wildman–Crippen MR) is 140 cm³/mol. The maximum absolute atomic E-state index is 13.1. The topological polar surface area (TPSA) is 134 Å². The summed E-state index contributed by atoms with van der Waals surface area (Å²) in [6.45, 7) is -1.12. The minimum Gasteiger partial charge on any atom is -0.353 e. The van der Waals surface area contributed by atoms with E-state index >= 15 is 0 Å². The van der Waals surface area contributed by atoms with Gasteiger partial charge in [0, 0.05) is 42.2 Å². The number of hydrogen-bond donors (Lipinski definition) is 3. The third-order valence-corrected chi connectivity index (χ3v) is 6.29. The van der Waals surface area contributed by atoms with E-state index in [9.17, 15) is 50.3 Å². The van der Waals surface area contributed by atoms with Gasteiger partial charge in [-0.2, -0.15) is 26.3 Å². The first kappa shape index (κ1) is 30.9. The second-order valence-corrected chi connectivity index (χ2v) is 9.18. The fourth-order valence-electron chi connectivity index (χ4n) is 4.37. The molecule has 0 spiro atoms. The third-order valence-electron chi connectivity index (χ3n) is 6.29. The fraction of sp³-hybridized carbons (Fsp3) is 0.214. The summed E-state index contributed by atoms with van der Waals surface area (Å²) in [5.74, 6) is -7.02. The van der Waals surface area contributed by atoms with Crippen LogP contribution >= 0.6 is 0 Å². The molecule has 15 heteroatoms. The van der Waals surface area contributed by atoms with Crippen molar-refractivity contribution in [3.05, 3.63) is 77.0 Å². The number of amides is 2. The molecule has 1 aliphatic carbocycles. The summed E-state index contributed by atoms with van der Waals surface area (Å²) in [6.07, 6.45) is -10.1. The summed E-state index contributed by atoms with van der Waals surface area (Å²) in [5.41, 5.74) is 0.302. The molecule has 1 heterocycles. The van der Waals surface area contributed by atoms with Crippen molar-refractivity contribution in [2.75, 3.05) is 18.4 Å².